The summed E-state index contributed by atoms with van der Waals surface area (Å²) in [7, 11) is 0. The number of hydrogen-bond donors (Lipinski definition) is 0. The Labute approximate surface area is 731 Å². The van der Waals surface area contributed by atoms with Gasteiger partial charge in [-0.15, -0.1) is 0 Å². The van der Waals surface area contributed by atoms with Crippen LogP contribution >= 0.6 is 0 Å². The predicted molar refractivity (Wildman–Crippen MR) is 532 cm³/mol. The van der Waals surface area contributed by atoms with Crippen molar-refractivity contribution in [3.63, 3.8) is 0 Å². The summed E-state index contributed by atoms with van der Waals surface area (Å²) in [6.07, 6.45) is 139. The maximum Gasteiger partial charge on any atom is 0.0158 e. The molecule has 0 heteroatoms. The average Bonchev–Trinajstić information content (AvgIpc) is 0.696. The van der Waals surface area contributed by atoms with E-state index < -0.39 is 0 Å². The van der Waals surface area contributed by atoms with Crippen molar-refractivity contribution in [2.75, 3.05) is 0 Å². The van der Waals surface area contributed by atoms with Gasteiger partial charge in [0.15, 0.2) is 0 Å². The molecular formula is C115H222. The van der Waals surface area contributed by atoms with Crippen molar-refractivity contribution in [1.82, 2.24) is 0 Å². The van der Waals surface area contributed by atoms with Crippen LogP contribution in [0.15, 0.2) is 60.3 Å². The summed E-state index contributed by atoms with van der Waals surface area (Å²) in [5.41, 5.74) is 2.06. The molecule has 9 unspecified atom stereocenters. The monoisotopic (exact) mass is 1600 g/mol. The minimum atomic E-state index is -0.0858. The van der Waals surface area contributed by atoms with Crippen molar-refractivity contribution in [2.45, 2.75) is 624 Å². The van der Waals surface area contributed by atoms with Crippen LogP contribution < -0.4 is 0 Å². The molecule has 0 aliphatic rings. The van der Waals surface area contributed by atoms with Crippen LogP contribution in [0.2, 0.25) is 0 Å². The zero-order valence-corrected chi connectivity index (χ0v) is 82.9. The third-order valence-corrected chi connectivity index (χ3v) is 28.9. The van der Waals surface area contributed by atoms with Gasteiger partial charge in [-0.1, -0.05) is 549 Å². The SMILES string of the molecule is CCCCCCCC=C(CC(CCC)CCCCC)C(C=CCCCCCCCCCCC)(CC(CCC)CCCCC)C(CC=CCCCCCCCCCC)(CC(CCC)CCCCC)C(CCC=CCCCCCCCCC)(CC(CCC)CCCCC)C(CCCC=CCCCCCCCC)CC(CCC)CCCCC. The van der Waals surface area contributed by atoms with E-state index in [2.05, 4.69) is 159 Å². The molecule has 115 heavy (non-hydrogen) atoms. The van der Waals surface area contributed by atoms with Gasteiger partial charge in [-0.3, -0.25) is 0 Å². The molecule has 682 valence electrons. The van der Waals surface area contributed by atoms with Gasteiger partial charge in [0, 0.05) is 5.41 Å². The zero-order valence-electron chi connectivity index (χ0n) is 82.9. The van der Waals surface area contributed by atoms with E-state index in [4.69, 9.17) is 0 Å². The molecule has 0 aromatic heterocycles. The van der Waals surface area contributed by atoms with Crippen LogP contribution in [-0.4, -0.2) is 0 Å². The third-order valence-electron chi connectivity index (χ3n) is 28.9. The molecular weight excluding hydrogens is 1380 g/mol. The molecule has 0 aliphatic carbocycles. The van der Waals surface area contributed by atoms with Gasteiger partial charge in [0.05, 0.1) is 0 Å². The smallest absolute Gasteiger partial charge is 0.0158 e. The normalized spacial score (nSPS) is 15.7. The quantitative estimate of drug-likeness (QED) is 0.0421. The van der Waals surface area contributed by atoms with Crippen LogP contribution in [0.5, 0.6) is 0 Å². The lowest BCUT2D eigenvalue weighted by Crippen LogP contribution is -2.59. The van der Waals surface area contributed by atoms with Crippen LogP contribution in [0, 0.1) is 51.8 Å². The lowest BCUT2D eigenvalue weighted by atomic mass is 9.37. The molecule has 0 saturated heterocycles. The van der Waals surface area contributed by atoms with Crippen molar-refractivity contribution in [3.05, 3.63) is 60.3 Å². The van der Waals surface area contributed by atoms with Crippen molar-refractivity contribution < 1.29 is 0 Å². The van der Waals surface area contributed by atoms with Gasteiger partial charge in [-0.2, -0.15) is 0 Å². The Morgan fingerprint density at radius 3 is 0.896 bits per heavy atom. The van der Waals surface area contributed by atoms with E-state index in [1.807, 2.05) is 5.57 Å². The summed E-state index contributed by atoms with van der Waals surface area (Å²) in [4.78, 5) is 0. The van der Waals surface area contributed by atoms with Gasteiger partial charge in [0.25, 0.3) is 0 Å². The van der Waals surface area contributed by atoms with Crippen LogP contribution in [0.3, 0.4) is 0 Å². The second-order valence-electron chi connectivity index (χ2n) is 39.5. The van der Waals surface area contributed by atoms with Crippen molar-refractivity contribution in [1.29, 1.82) is 0 Å². The molecule has 0 spiro atoms. The fourth-order valence-corrected chi connectivity index (χ4v) is 22.3. The highest BCUT2D eigenvalue weighted by Gasteiger charge is 2.64. The Bertz CT molecular complexity index is 2060. The van der Waals surface area contributed by atoms with Crippen LogP contribution in [0.25, 0.3) is 0 Å². The van der Waals surface area contributed by atoms with Gasteiger partial charge in [0.1, 0.15) is 0 Å². The minimum absolute atomic E-state index is 0.00331. The topological polar surface area (TPSA) is 0 Å². The summed E-state index contributed by atoms with van der Waals surface area (Å²) in [5.74, 6) is 4.37. The largest absolute Gasteiger partial charge is 0.0885 e. The highest BCUT2D eigenvalue weighted by Crippen LogP contribution is 2.72. The standard InChI is InChI=1S/C115H222/c1-16-31-41-46-51-55-59-63-67-72-82-97-112(102-107(87-27-12)92-77-37-22-7)114(104-109(89-29-14)94-79-39-24-9,99-84-74-69-65-61-57-53-48-43-33-18-3)115(105-110(90-30-15)95-80-40-25-10,100-85-75-70-66-62-58-54-49-44-34-19-4)113(103-108(88-28-13)93-78-38-23-8,98-83-73-68-64-60-56-52-47-42-32-17-2)111(96-81-71-50-45-35-20-5)101-106(86-26-11)91-76-36-21-6/h63,67,69,74-75,83,85,96,98,106-110,112H,16-62,64-66,68,70-73,76-82,84,86-95,97,99-105H2,1-15H3. The second kappa shape index (κ2) is 86.2. The molecule has 0 saturated carbocycles. The minimum Gasteiger partial charge on any atom is -0.0885 e. The Morgan fingerprint density at radius 2 is 0.504 bits per heavy atom. The average molecular weight is 1610 g/mol. The predicted octanol–water partition coefficient (Wildman–Crippen LogP) is 42.7. The van der Waals surface area contributed by atoms with Gasteiger partial charge in [0.2, 0.25) is 0 Å². The molecule has 0 aromatic rings. The zero-order chi connectivity index (χ0) is 84.2. The Balaban J connectivity index is 11.5. The molecule has 0 rings (SSSR count). The van der Waals surface area contributed by atoms with Crippen molar-refractivity contribution in [2.24, 2.45) is 51.8 Å². The van der Waals surface area contributed by atoms with Crippen LogP contribution in [0.1, 0.15) is 624 Å². The van der Waals surface area contributed by atoms with Gasteiger partial charge < -0.3 is 0 Å². The number of rotatable bonds is 94. The van der Waals surface area contributed by atoms with E-state index in [-0.39, 0.29) is 16.2 Å². The van der Waals surface area contributed by atoms with E-state index in [1.165, 1.54) is 520 Å². The molecule has 0 heterocycles. The first-order valence-electron chi connectivity index (χ1n) is 54.9. The maximum absolute atomic E-state index is 3.36. The number of unbranched alkanes of at least 4 members (excludes halogenated alkanes) is 46. The lowest BCUT2D eigenvalue weighted by Gasteiger charge is -2.67. The van der Waals surface area contributed by atoms with E-state index in [1.54, 1.807) is 0 Å². The van der Waals surface area contributed by atoms with Gasteiger partial charge in [-0.05, 0) is 181 Å². The Morgan fingerprint density at radius 1 is 0.217 bits per heavy atom. The van der Waals surface area contributed by atoms with E-state index in [0.29, 0.717) is 11.8 Å². The summed E-state index contributed by atoms with van der Waals surface area (Å²) in [5, 5.41) is 0. The third kappa shape index (κ3) is 57.7. The van der Waals surface area contributed by atoms with Gasteiger partial charge in [-0.25, -0.2) is 0 Å². The molecule has 0 bridgehead atoms. The van der Waals surface area contributed by atoms with E-state index in [9.17, 15) is 0 Å². The van der Waals surface area contributed by atoms with E-state index in [0.717, 1.165) is 23.7 Å². The van der Waals surface area contributed by atoms with E-state index >= 15 is 0 Å². The first-order valence-corrected chi connectivity index (χ1v) is 54.9. The molecule has 0 aliphatic heterocycles. The summed E-state index contributed by atoms with van der Waals surface area (Å²) in [6, 6.07) is 0. The first kappa shape index (κ1) is 114. The van der Waals surface area contributed by atoms with Crippen molar-refractivity contribution in [3.8, 4) is 0 Å². The summed E-state index contributed by atoms with van der Waals surface area (Å²) < 4.78 is 0. The van der Waals surface area contributed by atoms with Gasteiger partial charge >= 0.3 is 0 Å². The molecule has 9 atom stereocenters. The molecule has 0 aromatic carbocycles. The Kier molecular flexibility index (Phi) is 85.3. The molecule has 0 fully saturated rings. The van der Waals surface area contributed by atoms with Crippen molar-refractivity contribution >= 4 is 0 Å². The maximum atomic E-state index is 3.36. The Hall–Kier alpha value is -1.30. The number of allylic oxidation sites excluding steroid dienone is 10. The first-order chi connectivity index (χ1) is 56.6. The fraction of sp³-hybridized carbons (Fsp3) is 0.913. The molecule has 0 nitrogen and oxygen atoms in total. The molecule has 0 amide bonds. The fourth-order valence-electron chi connectivity index (χ4n) is 22.3. The lowest BCUT2D eigenvalue weighted by molar-refractivity contribution is -0.140. The number of hydrogen-bond acceptors (Lipinski definition) is 0. The van der Waals surface area contributed by atoms with Crippen LogP contribution in [-0.2, 0) is 0 Å². The highest BCUT2D eigenvalue weighted by atomic mass is 14.7. The summed E-state index contributed by atoms with van der Waals surface area (Å²) >= 11 is 0. The highest BCUT2D eigenvalue weighted by molar-refractivity contribution is 5.33. The molecule has 0 N–H and O–H groups in total. The summed E-state index contributed by atoms with van der Waals surface area (Å²) in [6.45, 7) is 37.7. The van der Waals surface area contributed by atoms with Crippen LogP contribution in [0.4, 0.5) is 0 Å². The second-order valence-corrected chi connectivity index (χ2v) is 39.5. The molecule has 0 radical (unpaired) electrons.